The van der Waals surface area contributed by atoms with Gasteiger partial charge in [0.2, 0.25) is 0 Å². The van der Waals surface area contributed by atoms with Gasteiger partial charge in [-0.25, -0.2) is 0 Å². The molecule has 0 bridgehead atoms. The van der Waals surface area contributed by atoms with E-state index in [1.807, 2.05) is 64.1 Å². The second-order valence-corrected chi connectivity index (χ2v) is 6.56. The van der Waals surface area contributed by atoms with Crippen LogP contribution < -0.4 is 10.6 Å². The smallest absolute Gasteiger partial charge is 0.783 e. The summed E-state index contributed by atoms with van der Waals surface area (Å²) in [7, 11) is 0. The molecule has 0 aliphatic carbocycles. The molecule has 0 atom stereocenters. The summed E-state index contributed by atoms with van der Waals surface area (Å²) in [4.78, 5) is 21.9. The van der Waals surface area contributed by atoms with Gasteiger partial charge < -0.3 is 35.9 Å². The molecule has 2 rings (SSSR count). The van der Waals surface area contributed by atoms with Crippen LogP contribution in [-0.2, 0) is 51.6 Å². The molecule has 4 nitrogen and oxygen atoms in total. The van der Waals surface area contributed by atoms with Gasteiger partial charge in [-0.1, -0.05) is 23.6 Å². The number of hydrogen-bond acceptors (Lipinski definition) is 4. The Hall–Kier alpha value is -1.41. The van der Waals surface area contributed by atoms with Crippen LogP contribution in [0.4, 0.5) is 11.4 Å². The van der Waals surface area contributed by atoms with Gasteiger partial charge in [-0.2, -0.15) is 0 Å². The molecular weight excluding hydrogens is 423 g/mol. The first-order valence-corrected chi connectivity index (χ1v) is 9.32. The second kappa shape index (κ2) is 12.9. The van der Waals surface area contributed by atoms with Crippen molar-refractivity contribution in [3.63, 3.8) is 0 Å². The third kappa shape index (κ3) is 9.37. The molecule has 0 heterocycles. The number of carbonyl (C=O) groups excluding carboxylic acids is 2. The predicted molar refractivity (Wildman–Crippen MR) is 114 cm³/mol. The normalized spacial score (nSPS) is 9.41. The van der Waals surface area contributed by atoms with Crippen LogP contribution in [0.5, 0.6) is 0 Å². The molecule has 0 unspecified atom stereocenters. The van der Waals surface area contributed by atoms with Gasteiger partial charge >= 0.3 is 16.8 Å². The molecule has 2 aromatic rings. The maximum Gasteiger partial charge on any atom is 2.00 e. The van der Waals surface area contributed by atoms with E-state index in [2.05, 4.69) is 35.9 Å². The van der Waals surface area contributed by atoms with E-state index in [0.717, 1.165) is 11.4 Å². The van der Waals surface area contributed by atoms with E-state index >= 15 is 0 Å². The molecule has 7 heteroatoms. The van der Waals surface area contributed by atoms with Gasteiger partial charge in [-0.15, -0.1) is 0 Å². The van der Waals surface area contributed by atoms with Gasteiger partial charge in [0.15, 0.2) is 11.8 Å². The van der Waals surface area contributed by atoms with Gasteiger partial charge in [0.05, 0.1) is 0 Å². The third-order valence-corrected chi connectivity index (χ3v) is 4.37. The summed E-state index contributed by atoms with van der Waals surface area (Å²) in [6.45, 7) is 8.10. The Morgan fingerprint density at radius 3 is 1.30 bits per heavy atom. The van der Waals surface area contributed by atoms with E-state index in [0.29, 0.717) is 0 Å². The van der Waals surface area contributed by atoms with Gasteiger partial charge in [0, 0.05) is 11.4 Å². The maximum absolute atomic E-state index is 11.0. The van der Waals surface area contributed by atoms with Gasteiger partial charge in [-0.3, -0.25) is 9.59 Å². The topological polar surface area (TPSA) is 58.2 Å². The monoisotopic (exact) mass is 447 g/mol. The van der Waals surface area contributed by atoms with Crippen molar-refractivity contribution in [3.05, 3.63) is 58.7 Å². The Balaban J connectivity index is 0.000000483. The van der Waals surface area contributed by atoms with Gasteiger partial charge in [0.25, 0.3) is 0 Å². The van der Waals surface area contributed by atoms with Crippen LogP contribution in [0.2, 0.25) is 0 Å². The van der Waals surface area contributed by atoms with Gasteiger partial charge in [0.1, 0.15) is 0 Å². The summed E-state index contributed by atoms with van der Waals surface area (Å²) in [6.07, 6.45) is 0. The largest absolute Gasteiger partial charge is 2.00 e. The van der Waals surface area contributed by atoms with Crippen molar-refractivity contribution in [2.45, 2.75) is 27.7 Å². The zero-order valence-corrected chi connectivity index (χ0v) is 18.5. The summed E-state index contributed by atoms with van der Waals surface area (Å²) >= 11 is 9.24. The molecule has 0 aromatic heterocycles. The minimum absolute atomic E-state index is 0. The Bertz CT molecular complexity index is 717. The van der Waals surface area contributed by atoms with Crippen molar-refractivity contribution in [1.29, 1.82) is 0 Å². The number of hydrogen-bond donors (Lipinski definition) is 2. The SMILES string of the molecule is Cc1ccc(NC(=O)C[S-])cc1C.Cc1ccc(NC(=O)C[S-])cc1C.[Co+2]. The molecule has 0 saturated carbocycles. The third-order valence-electron chi connectivity index (χ3n) is 3.84. The van der Waals surface area contributed by atoms with E-state index in [1.54, 1.807) is 0 Å². The number of carbonyl (C=O) groups is 2. The summed E-state index contributed by atoms with van der Waals surface area (Å²) in [6, 6.07) is 11.6. The molecule has 2 amide bonds. The number of benzene rings is 2. The van der Waals surface area contributed by atoms with Crippen LogP contribution in [0, 0.1) is 27.7 Å². The van der Waals surface area contributed by atoms with E-state index in [4.69, 9.17) is 0 Å². The summed E-state index contributed by atoms with van der Waals surface area (Å²) < 4.78 is 0. The average Bonchev–Trinajstić information content (AvgIpc) is 2.61. The fourth-order valence-electron chi connectivity index (χ4n) is 2.03. The number of amides is 2. The summed E-state index contributed by atoms with van der Waals surface area (Å²) in [5.41, 5.74) is 6.41. The zero-order valence-electron chi connectivity index (χ0n) is 15.8. The van der Waals surface area contributed by atoms with Crippen molar-refractivity contribution >= 4 is 48.4 Å². The van der Waals surface area contributed by atoms with Gasteiger partial charge in [-0.05, 0) is 74.2 Å². The average molecular weight is 447 g/mol. The minimum atomic E-state index is -0.127. The maximum atomic E-state index is 11.0. The van der Waals surface area contributed by atoms with Crippen LogP contribution in [0.3, 0.4) is 0 Å². The Morgan fingerprint density at radius 1 is 0.704 bits per heavy atom. The standard InChI is InChI=1S/2C10H13NOS.Co/c2*1-7-3-4-9(5-8(7)2)11-10(12)6-13;/h2*3-5,13H,6H2,1-2H3,(H,11,12);/q;;+2/p-2. The Labute approximate surface area is 182 Å². The first-order chi connectivity index (χ1) is 12.3. The van der Waals surface area contributed by atoms with Crippen LogP contribution in [-0.4, -0.2) is 23.3 Å². The molecular formula is C20H24CoN2O2S2. The van der Waals surface area contributed by atoms with E-state index in [1.165, 1.54) is 22.3 Å². The molecule has 1 radical (unpaired) electrons. The summed E-state index contributed by atoms with van der Waals surface area (Å²) in [5.74, 6) is -0.0451. The molecule has 2 aromatic carbocycles. The molecule has 0 aliphatic rings. The molecule has 147 valence electrons. The van der Waals surface area contributed by atoms with Crippen molar-refractivity contribution in [3.8, 4) is 0 Å². The fraction of sp³-hybridized carbons (Fsp3) is 0.300. The second-order valence-electron chi connectivity index (χ2n) is 5.98. The number of anilines is 2. The van der Waals surface area contributed by atoms with Crippen molar-refractivity contribution in [1.82, 2.24) is 0 Å². The van der Waals surface area contributed by atoms with Crippen molar-refractivity contribution < 1.29 is 26.4 Å². The van der Waals surface area contributed by atoms with Crippen LogP contribution in [0.15, 0.2) is 36.4 Å². The number of nitrogens with one attached hydrogen (secondary N) is 2. The Morgan fingerprint density at radius 2 is 1.04 bits per heavy atom. The minimum Gasteiger partial charge on any atom is -0.783 e. The van der Waals surface area contributed by atoms with E-state index in [9.17, 15) is 9.59 Å². The quantitative estimate of drug-likeness (QED) is 0.704. The summed E-state index contributed by atoms with van der Waals surface area (Å²) in [5, 5.41) is 5.43. The molecule has 2 N–H and O–H groups in total. The predicted octanol–water partition coefficient (Wildman–Crippen LogP) is 3.58. The fourth-order valence-corrected chi connectivity index (χ4v) is 2.18. The Kier molecular flexibility index (Phi) is 12.2. The van der Waals surface area contributed by atoms with Crippen molar-refractivity contribution in [2.75, 3.05) is 22.1 Å². The first-order valence-electron chi connectivity index (χ1n) is 8.17. The van der Waals surface area contributed by atoms with Crippen LogP contribution in [0.25, 0.3) is 0 Å². The first kappa shape index (κ1) is 25.6. The number of rotatable bonds is 4. The zero-order chi connectivity index (χ0) is 19.7. The van der Waals surface area contributed by atoms with Crippen LogP contribution >= 0.6 is 0 Å². The molecule has 0 fully saturated rings. The number of aryl methyl sites for hydroxylation is 4. The van der Waals surface area contributed by atoms with E-state index < -0.39 is 0 Å². The molecule has 0 spiro atoms. The van der Waals surface area contributed by atoms with Crippen LogP contribution in [0.1, 0.15) is 22.3 Å². The molecule has 0 saturated heterocycles. The van der Waals surface area contributed by atoms with E-state index in [-0.39, 0.29) is 40.1 Å². The van der Waals surface area contributed by atoms with Crippen molar-refractivity contribution in [2.24, 2.45) is 0 Å². The molecule has 27 heavy (non-hydrogen) atoms. The molecule has 0 aliphatic heterocycles.